The van der Waals surface area contributed by atoms with Crippen LogP contribution in [-0.4, -0.2) is 151 Å². The molecule has 0 radical (unpaired) electrons. The molecule has 3 heterocycles. The smallest absolute Gasteiger partial charge is 0.246 e. The van der Waals surface area contributed by atoms with E-state index in [1.807, 2.05) is 0 Å². The molecule has 338 valence electrons. The number of carbonyl (C=O) groups excluding carboxylic acids is 8. The number of aliphatic hydroxyl groups is 1. The van der Waals surface area contributed by atoms with Gasteiger partial charge in [0.05, 0.1) is 37.3 Å². The molecule has 61 heavy (non-hydrogen) atoms. The predicted molar refractivity (Wildman–Crippen MR) is 216 cm³/mol. The molecule has 0 spiro atoms. The fourth-order valence-electron chi connectivity index (χ4n) is 7.60. The van der Waals surface area contributed by atoms with Crippen molar-refractivity contribution in [3.63, 3.8) is 0 Å². The monoisotopic (exact) mass is 879 g/mol. The van der Waals surface area contributed by atoms with Gasteiger partial charge in [0.15, 0.2) is 5.78 Å². The van der Waals surface area contributed by atoms with Gasteiger partial charge in [-0.2, -0.15) is 5.06 Å². The highest BCUT2D eigenvalue weighted by molar-refractivity contribution is 7.93. The standard InChI is InChI=1S/C38H57N9O13S/c1-7-19(2)31(44-30(51)16-39-33(53)27-14-38(56)22-10-8-9-11-23(22)43-36(38)47(27)58)34(54)40-15-29(50)41-25(18-61-59)32(52)42-24(13-28(49)45-57)35(55)46-17-21(60-37(4,5)6)12-26(46)20(3)48/h8-11,19,21,24-27,31,36,43,56-59H,7,12-18H2,1-6H3,(H,39,53)(H,40,54)(H,41,50)(H,42,52)(H,44,51)(H,45,49)/t19-,21+,24-,25-,26-,27?,31-,36?,38-/m0/s1. The zero-order valence-electron chi connectivity index (χ0n) is 34.9. The van der Waals surface area contributed by atoms with E-state index in [1.54, 1.807) is 58.9 Å². The zero-order chi connectivity index (χ0) is 45.4. The fraction of sp³-hybridized carbons (Fsp3) is 0.632. The largest absolute Gasteiger partial charge is 0.381 e. The SMILES string of the molecule is CC[C@H](C)[C@H](NC(=O)CNC(=O)C1C[C@]2(O)c3ccccc3NC2N1O)C(=O)NCC(=O)N[C@@H](CSO)C(=O)N[C@@H](CC(=O)NO)C(=O)N1C[C@H](OC(C)(C)C)C[C@H]1C(C)=O. The Morgan fingerprint density at radius 3 is 2.23 bits per heavy atom. The molecule has 11 N–H and O–H groups in total. The lowest BCUT2D eigenvalue weighted by Crippen LogP contribution is -2.58. The first kappa shape index (κ1) is 48.8. The number of ether oxygens (including phenoxy) is 1. The molecule has 23 heteroatoms. The number of rotatable bonds is 19. The summed E-state index contributed by atoms with van der Waals surface area (Å²) in [6.45, 7) is 8.80. The number of nitrogens with zero attached hydrogens (tertiary/aromatic N) is 2. The molecule has 3 aliphatic heterocycles. The molecule has 0 aromatic heterocycles. The molecule has 2 unspecified atom stereocenters. The molecule has 1 aromatic rings. The Morgan fingerprint density at radius 1 is 0.951 bits per heavy atom. The maximum absolute atomic E-state index is 13.8. The molecule has 3 aliphatic rings. The number of carbonyl (C=O) groups is 8. The average Bonchev–Trinajstić information content (AvgIpc) is 3.84. The van der Waals surface area contributed by atoms with E-state index in [9.17, 15) is 58.4 Å². The van der Waals surface area contributed by atoms with E-state index in [1.165, 1.54) is 17.3 Å². The van der Waals surface area contributed by atoms with E-state index in [0.29, 0.717) is 22.7 Å². The van der Waals surface area contributed by atoms with Crippen LogP contribution < -0.4 is 37.4 Å². The van der Waals surface area contributed by atoms with Crippen LogP contribution >= 0.6 is 12.0 Å². The minimum atomic E-state index is -1.62. The molecule has 7 amide bonds. The minimum Gasteiger partial charge on any atom is -0.381 e. The Kier molecular flexibility index (Phi) is 16.6. The van der Waals surface area contributed by atoms with Crippen molar-refractivity contribution in [1.29, 1.82) is 0 Å². The number of ketones is 1. The van der Waals surface area contributed by atoms with Gasteiger partial charge in [-0.15, -0.1) is 0 Å². The van der Waals surface area contributed by atoms with Crippen LogP contribution in [0, 0.1) is 5.92 Å². The van der Waals surface area contributed by atoms with Gasteiger partial charge in [-0.05, 0) is 51.7 Å². The van der Waals surface area contributed by atoms with Crippen molar-refractivity contribution in [3.05, 3.63) is 29.8 Å². The van der Waals surface area contributed by atoms with E-state index in [4.69, 9.17) is 4.74 Å². The number of hydroxylamine groups is 3. The lowest BCUT2D eigenvalue weighted by atomic mass is 9.91. The van der Waals surface area contributed by atoms with E-state index >= 15 is 0 Å². The van der Waals surface area contributed by atoms with Crippen LogP contribution in [0.15, 0.2) is 24.3 Å². The van der Waals surface area contributed by atoms with E-state index in [2.05, 4.69) is 31.9 Å². The number of Topliss-reactive ketones (excluding diaryl/α,β-unsaturated/α-hetero) is 1. The number of amides is 7. The summed E-state index contributed by atoms with van der Waals surface area (Å²) in [6, 6.07) is 0.439. The highest BCUT2D eigenvalue weighted by atomic mass is 32.2. The lowest BCUT2D eigenvalue weighted by molar-refractivity contribution is -0.160. The Morgan fingerprint density at radius 2 is 1.61 bits per heavy atom. The van der Waals surface area contributed by atoms with Gasteiger partial charge >= 0.3 is 0 Å². The van der Waals surface area contributed by atoms with Gasteiger partial charge in [0.25, 0.3) is 0 Å². The van der Waals surface area contributed by atoms with Crippen molar-refractivity contribution in [2.75, 3.05) is 30.7 Å². The molecule has 22 nitrogen and oxygen atoms in total. The summed E-state index contributed by atoms with van der Waals surface area (Å²) >= 11 is 0.180. The first-order chi connectivity index (χ1) is 28.6. The number of hydrogen-bond donors (Lipinski definition) is 11. The van der Waals surface area contributed by atoms with E-state index in [0.717, 1.165) is 0 Å². The highest BCUT2D eigenvalue weighted by Crippen LogP contribution is 2.48. The summed E-state index contributed by atoms with van der Waals surface area (Å²) in [5.74, 6) is -7.34. The Labute approximate surface area is 356 Å². The van der Waals surface area contributed by atoms with Gasteiger partial charge in [0, 0.05) is 36.4 Å². The normalized spacial score (nSPS) is 23.9. The van der Waals surface area contributed by atoms with Crippen molar-refractivity contribution >= 4 is 64.9 Å². The van der Waals surface area contributed by atoms with E-state index in [-0.39, 0.29) is 37.2 Å². The van der Waals surface area contributed by atoms with Gasteiger partial charge in [-0.3, -0.25) is 43.6 Å². The second-order valence-corrected chi connectivity index (χ2v) is 17.0. The summed E-state index contributed by atoms with van der Waals surface area (Å²) in [5.41, 5.74) is 0.353. The van der Waals surface area contributed by atoms with Gasteiger partial charge in [-0.1, -0.05) is 38.5 Å². The fourth-order valence-corrected chi connectivity index (χ4v) is 7.98. The van der Waals surface area contributed by atoms with Crippen LogP contribution in [0.2, 0.25) is 0 Å². The van der Waals surface area contributed by atoms with Crippen LogP contribution in [0.4, 0.5) is 5.69 Å². The van der Waals surface area contributed by atoms with Crippen molar-refractivity contribution in [2.24, 2.45) is 5.92 Å². The molecule has 2 saturated heterocycles. The Balaban J connectivity index is 1.33. The summed E-state index contributed by atoms with van der Waals surface area (Å²) < 4.78 is 15.6. The first-order valence-electron chi connectivity index (χ1n) is 19.8. The summed E-state index contributed by atoms with van der Waals surface area (Å²) in [5, 5.41) is 47.0. The number of hydrogen-bond acceptors (Lipinski definition) is 16. The van der Waals surface area contributed by atoms with Crippen LogP contribution in [0.25, 0.3) is 0 Å². The van der Waals surface area contributed by atoms with Gasteiger partial charge in [0.1, 0.15) is 35.9 Å². The molecule has 2 fully saturated rings. The summed E-state index contributed by atoms with van der Waals surface area (Å²) in [6.07, 6.45) is -1.88. The molecular formula is C38H57N9O13S. The third-order valence-corrected chi connectivity index (χ3v) is 11.2. The highest BCUT2D eigenvalue weighted by Gasteiger charge is 2.58. The third-order valence-electron chi connectivity index (χ3n) is 10.7. The Hall–Kier alpha value is -4.91. The number of likely N-dealkylation sites (tertiary alicyclic amines) is 1. The van der Waals surface area contributed by atoms with Crippen LogP contribution in [0.3, 0.4) is 0 Å². The number of benzene rings is 1. The van der Waals surface area contributed by atoms with Gasteiger partial charge in [0.2, 0.25) is 41.4 Å². The molecule has 4 rings (SSSR count). The second-order valence-electron chi connectivity index (χ2n) is 16.4. The van der Waals surface area contributed by atoms with Gasteiger partial charge < -0.3 is 56.4 Å². The zero-order valence-corrected chi connectivity index (χ0v) is 35.7. The van der Waals surface area contributed by atoms with Crippen molar-refractivity contribution < 1.29 is 63.2 Å². The van der Waals surface area contributed by atoms with Crippen molar-refractivity contribution in [3.8, 4) is 0 Å². The number of fused-ring (bicyclic) bond motifs is 3. The van der Waals surface area contributed by atoms with Crippen LogP contribution in [0.1, 0.15) is 72.8 Å². The number of nitrogens with one attached hydrogen (secondary N) is 7. The topological polar surface area (TPSA) is 317 Å². The lowest BCUT2D eigenvalue weighted by Gasteiger charge is -2.29. The second kappa shape index (κ2) is 20.8. The number of anilines is 1. The molecule has 0 aliphatic carbocycles. The minimum absolute atomic E-state index is 0.0329. The molecule has 0 bridgehead atoms. The molecular weight excluding hydrogens is 823 g/mol. The predicted octanol–water partition coefficient (Wildman–Crippen LogP) is -1.70. The molecule has 0 saturated carbocycles. The average molecular weight is 880 g/mol. The summed E-state index contributed by atoms with van der Waals surface area (Å²) in [7, 11) is 0. The number of para-hydroxylation sites is 1. The van der Waals surface area contributed by atoms with Crippen molar-refractivity contribution in [1.82, 2.24) is 42.0 Å². The Bertz CT molecular complexity index is 1830. The van der Waals surface area contributed by atoms with Crippen molar-refractivity contribution in [2.45, 2.75) is 121 Å². The maximum atomic E-state index is 13.8. The molecule has 9 atom stereocenters. The van der Waals surface area contributed by atoms with E-state index < -0.39 is 126 Å². The summed E-state index contributed by atoms with van der Waals surface area (Å²) in [4.78, 5) is 106. The maximum Gasteiger partial charge on any atom is 0.246 e. The van der Waals surface area contributed by atoms with Crippen LogP contribution in [0.5, 0.6) is 0 Å². The van der Waals surface area contributed by atoms with Crippen LogP contribution in [-0.2, 0) is 48.7 Å². The third kappa shape index (κ3) is 12.1. The molecule has 1 aromatic carbocycles. The van der Waals surface area contributed by atoms with Gasteiger partial charge in [-0.25, -0.2) is 5.48 Å². The first-order valence-corrected chi connectivity index (χ1v) is 20.8. The quantitative estimate of drug-likeness (QED) is 0.0419.